The molecule has 0 bridgehead atoms. The van der Waals surface area contributed by atoms with Crippen molar-refractivity contribution in [2.45, 2.75) is 0 Å². The summed E-state index contributed by atoms with van der Waals surface area (Å²) in [5, 5.41) is 16.0. The maximum Gasteiger partial charge on any atom is 0.101 e. The lowest BCUT2D eigenvalue weighted by Crippen LogP contribution is -2.04. The van der Waals surface area contributed by atoms with E-state index in [1.807, 2.05) is 30.6 Å². The van der Waals surface area contributed by atoms with Gasteiger partial charge < -0.3 is 9.13 Å². The zero-order valence-electron chi connectivity index (χ0n) is 34.7. The van der Waals surface area contributed by atoms with Gasteiger partial charge in [0, 0.05) is 45.1 Å². The molecular formula is C60H38N4. The number of hydrogen-bond donors (Lipinski definition) is 0. The molecule has 0 aliphatic carbocycles. The third-order valence-electron chi connectivity index (χ3n) is 12.7. The summed E-state index contributed by atoms with van der Waals surface area (Å²) in [7, 11) is 0. The first kappa shape index (κ1) is 37.0. The normalized spacial score (nSPS) is 11.4. The molecule has 0 aliphatic rings. The summed E-state index contributed by atoms with van der Waals surface area (Å²) >= 11 is 0. The summed E-state index contributed by atoms with van der Waals surface area (Å²) in [4.78, 5) is 4.66. The van der Waals surface area contributed by atoms with E-state index in [0.717, 1.165) is 111 Å². The van der Waals surface area contributed by atoms with Crippen LogP contribution in [0.4, 0.5) is 0 Å². The molecule has 0 fully saturated rings. The maximum atomic E-state index is 11.4. The Morgan fingerprint density at radius 1 is 0.328 bits per heavy atom. The second-order valence-corrected chi connectivity index (χ2v) is 16.3. The van der Waals surface area contributed by atoms with Crippen molar-refractivity contribution in [1.82, 2.24) is 14.1 Å². The van der Waals surface area contributed by atoms with Crippen LogP contribution < -0.4 is 0 Å². The highest BCUT2D eigenvalue weighted by Gasteiger charge is 2.23. The highest BCUT2D eigenvalue weighted by Crippen LogP contribution is 2.43. The number of benzene rings is 9. The number of nitrogens with zero attached hydrogens (tertiary/aromatic N) is 4. The van der Waals surface area contributed by atoms with Gasteiger partial charge in [0.15, 0.2) is 0 Å². The lowest BCUT2D eigenvalue weighted by molar-refractivity contribution is 1.13. The topological polar surface area (TPSA) is 46.5 Å². The molecule has 0 saturated carbocycles. The Kier molecular flexibility index (Phi) is 8.84. The van der Waals surface area contributed by atoms with E-state index in [1.165, 1.54) is 0 Å². The van der Waals surface area contributed by atoms with Gasteiger partial charge >= 0.3 is 0 Å². The molecule has 0 unspecified atom stereocenters. The predicted molar refractivity (Wildman–Crippen MR) is 265 cm³/mol. The Morgan fingerprint density at radius 2 is 0.688 bits per heavy atom. The van der Waals surface area contributed by atoms with E-state index in [4.69, 9.17) is 0 Å². The number of pyridine rings is 1. The molecule has 12 rings (SSSR count). The van der Waals surface area contributed by atoms with Crippen molar-refractivity contribution in [3.63, 3.8) is 0 Å². The van der Waals surface area contributed by atoms with Crippen LogP contribution in [-0.2, 0) is 0 Å². The van der Waals surface area contributed by atoms with Gasteiger partial charge in [0.1, 0.15) is 6.07 Å². The van der Waals surface area contributed by atoms with Gasteiger partial charge in [0.2, 0.25) is 0 Å². The third kappa shape index (κ3) is 6.18. The summed E-state index contributed by atoms with van der Waals surface area (Å²) in [6, 6.07) is 80.1. The van der Waals surface area contributed by atoms with Crippen LogP contribution in [0.2, 0.25) is 0 Å². The summed E-state index contributed by atoms with van der Waals surface area (Å²) in [6.07, 6.45) is 3.75. The van der Waals surface area contributed by atoms with Gasteiger partial charge in [-0.2, -0.15) is 5.26 Å². The number of fused-ring (bicyclic) bond motifs is 6. The van der Waals surface area contributed by atoms with E-state index >= 15 is 0 Å². The molecule has 0 N–H and O–H groups in total. The molecule has 4 nitrogen and oxygen atoms in total. The van der Waals surface area contributed by atoms with Crippen LogP contribution in [-0.4, -0.2) is 14.1 Å². The lowest BCUT2D eigenvalue weighted by Gasteiger charge is -2.19. The van der Waals surface area contributed by atoms with Gasteiger partial charge in [0.05, 0.1) is 39.0 Å². The van der Waals surface area contributed by atoms with Crippen LogP contribution in [0.5, 0.6) is 0 Å². The van der Waals surface area contributed by atoms with Crippen LogP contribution in [0.3, 0.4) is 0 Å². The van der Waals surface area contributed by atoms with Crippen molar-refractivity contribution >= 4 is 43.6 Å². The van der Waals surface area contributed by atoms with Crippen LogP contribution in [0.25, 0.3) is 111 Å². The molecular weight excluding hydrogens is 777 g/mol. The molecule has 0 aliphatic heterocycles. The van der Waals surface area contributed by atoms with Crippen LogP contribution in [0.1, 0.15) is 5.56 Å². The highest BCUT2D eigenvalue weighted by molar-refractivity contribution is 6.13. The fraction of sp³-hybridized carbons (Fsp3) is 0. The Bertz CT molecular complexity index is 3560. The molecule has 3 aromatic heterocycles. The molecule has 0 radical (unpaired) electrons. The smallest absolute Gasteiger partial charge is 0.101 e. The van der Waals surface area contributed by atoms with E-state index in [1.54, 1.807) is 0 Å². The minimum absolute atomic E-state index is 0.560. The summed E-state index contributed by atoms with van der Waals surface area (Å²) in [5.41, 5.74) is 17.4. The first-order valence-electron chi connectivity index (χ1n) is 21.6. The molecule has 0 saturated heterocycles. The SMILES string of the molecule is N#Cc1cc(-n2c3cc(-c4ccccc4)ccc3c3ccc(-c4ccccc4)cc32)c(-c2cccnc2)cc1-n1c2cc(-c3ccccc3)ccc2c2ccc(-c3ccccc3)cc21. The lowest BCUT2D eigenvalue weighted by atomic mass is 9.99. The summed E-state index contributed by atoms with van der Waals surface area (Å²) in [5.74, 6) is 0. The summed E-state index contributed by atoms with van der Waals surface area (Å²) < 4.78 is 4.67. The molecule has 9 aromatic carbocycles. The van der Waals surface area contributed by atoms with Crippen molar-refractivity contribution in [3.05, 3.63) is 236 Å². The monoisotopic (exact) mass is 814 g/mol. The number of nitriles is 1. The van der Waals surface area contributed by atoms with Gasteiger partial charge in [-0.1, -0.05) is 176 Å². The van der Waals surface area contributed by atoms with E-state index in [9.17, 15) is 5.26 Å². The quantitative estimate of drug-likeness (QED) is 0.161. The number of aromatic nitrogens is 3. The number of hydrogen-bond acceptors (Lipinski definition) is 2. The Morgan fingerprint density at radius 3 is 1.03 bits per heavy atom. The average molecular weight is 815 g/mol. The van der Waals surface area contributed by atoms with Crippen LogP contribution in [0, 0.1) is 11.3 Å². The van der Waals surface area contributed by atoms with Gasteiger partial charge in [0.25, 0.3) is 0 Å². The Balaban J connectivity index is 1.19. The molecule has 0 spiro atoms. The zero-order valence-corrected chi connectivity index (χ0v) is 34.7. The van der Waals surface area contributed by atoms with Crippen LogP contribution in [0.15, 0.2) is 231 Å². The van der Waals surface area contributed by atoms with Gasteiger partial charge in [-0.15, -0.1) is 0 Å². The molecule has 0 amide bonds. The van der Waals surface area contributed by atoms with E-state index in [0.29, 0.717) is 5.56 Å². The van der Waals surface area contributed by atoms with Crippen LogP contribution >= 0.6 is 0 Å². The standard InChI is InChI=1S/C60H38N4/c61-38-49-36-60(64-58-34-46(42-18-9-3-10-19-42)25-29-52(58)53-30-26-47(35-59(53)64)43-20-11-4-12-21-43)54(48-22-13-31-62-39-48)37-55(49)63-56-32-44(40-14-5-1-6-15-40)23-27-50(56)51-28-24-45(33-57(51)63)41-16-7-2-8-17-41/h1-37,39H. The fourth-order valence-electron chi connectivity index (χ4n) is 9.59. The number of rotatable bonds is 7. The van der Waals surface area contributed by atoms with Gasteiger partial charge in [-0.25, -0.2) is 0 Å². The predicted octanol–water partition coefficient (Wildman–Crippen LogP) is 15.5. The first-order chi connectivity index (χ1) is 31.7. The van der Waals surface area contributed by atoms with Gasteiger partial charge in [-0.05, 0) is 87.0 Å². The highest BCUT2D eigenvalue weighted by atomic mass is 15.0. The van der Waals surface area contributed by atoms with Crippen molar-refractivity contribution in [2.75, 3.05) is 0 Å². The minimum Gasteiger partial charge on any atom is -0.309 e. The molecule has 3 heterocycles. The fourth-order valence-corrected chi connectivity index (χ4v) is 9.59. The average Bonchev–Trinajstić information content (AvgIpc) is 3.88. The molecule has 298 valence electrons. The molecule has 64 heavy (non-hydrogen) atoms. The van der Waals surface area contributed by atoms with Crippen molar-refractivity contribution < 1.29 is 0 Å². The largest absolute Gasteiger partial charge is 0.309 e. The van der Waals surface area contributed by atoms with Crippen molar-refractivity contribution in [2.24, 2.45) is 0 Å². The second kappa shape index (κ2) is 15.3. The van der Waals surface area contributed by atoms with E-state index in [2.05, 4.69) is 220 Å². The van der Waals surface area contributed by atoms with E-state index in [-0.39, 0.29) is 0 Å². The minimum atomic E-state index is 0.560. The second-order valence-electron chi connectivity index (χ2n) is 16.3. The Labute approximate surface area is 370 Å². The van der Waals surface area contributed by atoms with Crippen molar-refractivity contribution in [1.29, 1.82) is 5.26 Å². The molecule has 0 atom stereocenters. The summed E-state index contributed by atoms with van der Waals surface area (Å²) in [6.45, 7) is 0. The molecule has 12 aromatic rings. The zero-order chi connectivity index (χ0) is 42.6. The maximum absolute atomic E-state index is 11.4. The van der Waals surface area contributed by atoms with E-state index < -0.39 is 0 Å². The Hall–Kier alpha value is -8.78. The molecule has 4 heteroatoms. The first-order valence-corrected chi connectivity index (χ1v) is 21.6. The van der Waals surface area contributed by atoms with Crippen molar-refractivity contribution in [3.8, 4) is 73.1 Å². The third-order valence-corrected chi connectivity index (χ3v) is 12.7. The van der Waals surface area contributed by atoms with Gasteiger partial charge in [-0.3, -0.25) is 4.98 Å².